The zero-order valence-corrected chi connectivity index (χ0v) is 69.3. The van der Waals surface area contributed by atoms with Gasteiger partial charge in [0.15, 0.2) is 0 Å². The van der Waals surface area contributed by atoms with E-state index < -0.39 is 23.4 Å². The summed E-state index contributed by atoms with van der Waals surface area (Å²) in [5, 5.41) is 19.1. The van der Waals surface area contributed by atoms with Gasteiger partial charge >= 0.3 is 6.18 Å². The lowest BCUT2D eigenvalue weighted by Gasteiger charge is -2.12. The Kier molecular flexibility index (Phi) is 52.5. The molecule has 8 rings (SSSR count). The number of hydrogen-bond donors (Lipinski definition) is 0. The van der Waals surface area contributed by atoms with Gasteiger partial charge in [0, 0.05) is 40.4 Å². The van der Waals surface area contributed by atoms with Crippen molar-refractivity contribution in [2.24, 2.45) is 11.8 Å². The van der Waals surface area contributed by atoms with Crippen molar-refractivity contribution in [2.75, 3.05) is 41.5 Å². The predicted molar refractivity (Wildman–Crippen MR) is 436 cm³/mol. The first-order valence-electron chi connectivity index (χ1n) is 36.0. The summed E-state index contributed by atoms with van der Waals surface area (Å²) < 4.78 is 78.1. The van der Waals surface area contributed by atoms with Crippen LogP contribution in [0, 0.1) is 46.1 Å². The van der Waals surface area contributed by atoms with Crippen LogP contribution >= 0.6 is 34.8 Å². The number of para-hydroxylation sites is 1. The van der Waals surface area contributed by atoms with E-state index in [1.807, 2.05) is 110 Å². The maximum atomic E-state index is 12.9. The van der Waals surface area contributed by atoms with Crippen LogP contribution in [0.25, 0.3) is 0 Å². The SMILES string of the molecule is CC(C)Cc1ccc(Cl)cc1.CC(C)N(C)C.CC(C)c1c(F)cccc1F.CC(C)c1cc(C(F)(F)F)ccc1Cl.CC(C)c1ccc(C#N)cc1.CC(C)c1cccc(C#N)c1.CC(C)c1cccc(Cl)c1.CCOc1ccccc1C(C)C.COCCC(C)C.COc1ccc(C(C)C)cc1. The second kappa shape index (κ2) is 55.3. The van der Waals surface area contributed by atoms with Crippen LogP contribution in [-0.4, -0.2) is 52.5 Å². The van der Waals surface area contributed by atoms with E-state index in [0.29, 0.717) is 46.2 Å². The molecule has 0 aliphatic heterocycles. The summed E-state index contributed by atoms with van der Waals surface area (Å²) in [5.41, 5.74) is 9.35. The molecule has 0 radical (unpaired) electrons. The molecule has 0 spiro atoms. The molecule has 0 saturated heterocycles. The van der Waals surface area contributed by atoms with Gasteiger partial charge in [-0.1, -0.05) is 244 Å². The van der Waals surface area contributed by atoms with Crippen LogP contribution in [-0.2, 0) is 17.3 Å². The van der Waals surface area contributed by atoms with Gasteiger partial charge in [0.05, 0.1) is 42.5 Å². The lowest BCUT2D eigenvalue weighted by molar-refractivity contribution is -0.137. The molecular formula is C90H123Cl3F5N3O3. The average molecular weight is 1500 g/mol. The number of benzene rings is 8. The van der Waals surface area contributed by atoms with Gasteiger partial charge < -0.3 is 19.1 Å². The predicted octanol–water partition coefficient (Wildman–Crippen LogP) is 28.6. The number of halogens is 8. The normalized spacial score (nSPS) is 10.5. The summed E-state index contributed by atoms with van der Waals surface area (Å²) in [4.78, 5) is 2.17. The Balaban J connectivity index is 0. The van der Waals surface area contributed by atoms with Crippen molar-refractivity contribution in [3.05, 3.63) is 270 Å². The van der Waals surface area contributed by atoms with Crippen LogP contribution in [0.1, 0.15) is 254 Å². The standard InChI is InChI=1S/C11H16O.C10H10ClF3.C10H13Cl.2C10H11N.C10H14O.C9H11Cl.C9H10F2.C6H14O.C5H13N/c1-4-12-11-8-6-5-7-10(11)9(2)3;1-6(2)8-5-7(10(12,13)14)3-4-9(8)11;1-8(2)7-9-3-5-10(11)6-4-9;1-8(2)10-5-3-9(7-11)4-6-10;1-8(2)10-5-3-4-9(6-10)7-11;1-8(2)9-4-6-10(11-3)7-5-9;1-7(2)8-4-3-5-9(10)6-8;1-6(2)9-7(10)4-3-5-8(9)11;1-6(2)4-5-7-3;1-5(2)6(3)4/h5-9H,4H2,1-3H3;3-6H,1-2H3;3-6,8H,7H2,1-2H3;2*3-6,8H,1-2H3;4-8H,1-3H3;3-7H,1-2H3;3-6H,1-2H3;6H,4-5H2,1-3H3;5H,1-4H3. The molecule has 0 amide bonds. The first-order chi connectivity index (χ1) is 48.7. The van der Waals surface area contributed by atoms with Gasteiger partial charge in [0.2, 0.25) is 0 Å². The second-order valence-corrected chi connectivity index (χ2v) is 29.5. The highest BCUT2D eigenvalue weighted by molar-refractivity contribution is 6.31. The number of nitriles is 2. The molecule has 0 heterocycles. The highest BCUT2D eigenvalue weighted by Crippen LogP contribution is 2.34. The van der Waals surface area contributed by atoms with Crippen molar-refractivity contribution in [1.82, 2.24) is 4.90 Å². The third-order valence-electron chi connectivity index (χ3n) is 15.5. The number of hydrogen-bond acceptors (Lipinski definition) is 6. The maximum absolute atomic E-state index is 12.9. The molecule has 6 nitrogen and oxygen atoms in total. The van der Waals surface area contributed by atoms with E-state index >= 15 is 0 Å². The zero-order chi connectivity index (χ0) is 79.8. The molecule has 0 aromatic heterocycles. The van der Waals surface area contributed by atoms with E-state index in [9.17, 15) is 22.0 Å². The van der Waals surface area contributed by atoms with Crippen LogP contribution in [0.2, 0.25) is 15.1 Å². The summed E-state index contributed by atoms with van der Waals surface area (Å²) >= 11 is 17.3. The van der Waals surface area contributed by atoms with Gasteiger partial charge in [-0.25, -0.2) is 8.78 Å². The molecule has 0 saturated carbocycles. The zero-order valence-electron chi connectivity index (χ0n) is 67.0. The third-order valence-corrected chi connectivity index (χ3v) is 16.4. The monoisotopic (exact) mass is 1490 g/mol. The number of methoxy groups -OCH3 is 2. The molecule has 0 bridgehead atoms. The van der Waals surface area contributed by atoms with E-state index in [2.05, 4.69) is 184 Å². The van der Waals surface area contributed by atoms with Crippen molar-refractivity contribution < 1.29 is 36.2 Å². The topological polar surface area (TPSA) is 78.5 Å². The lowest BCUT2D eigenvalue weighted by atomic mass is 10.0. The smallest absolute Gasteiger partial charge is 0.416 e. The minimum absolute atomic E-state index is 0.00944. The Morgan fingerprint density at radius 1 is 0.452 bits per heavy atom. The quantitative estimate of drug-likeness (QED) is 0.0897. The first kappa shape index (κ1) is 98.8. The summed E-state index contributed by atoms with van der Waals surface area (Å²) in [6.45, 7) is 45.5. The fourth-order valence-corrected chi connectivity index (χ4v) is 9.34. The molecule has 8 aromatic rings. The lowest BCUT2D eigenvalue weighted by Crippen LogP contribution is -2.20. The van der Waals surface area contributed by atoms with Crippen LogP contribution in [0.5, 0.6) is 11.5 Å². The van der Waals surface area contributed by atoms with E-state index in [1.165, 1.54) is 64.1 Å². The van der Waals surface area contributed by atoms with Crippen LogP contribution < -0.4 is 9.47 Å². The van der Waals surface area contributed by atoms with E-state index in [4.69, 9.17) is 59.5 Å². The van der Waals surface area contributed by atoms with Gasteiger partial charge in [0.25, 0.3) is 0 Å². The minimum atomic E-state index is -4.30. The van der Waals surface area contributed by atoms with Crippen molar-refractivity contribution in [3.8, 4) is 23.6 Å². The second-order valence-electron chi connectivity index (χ2n) is 28.2. The van der Waals surface area contributed by atoms with Crippen molar-refractivity contribution in [1.29, 1.82) is 10.5 Å². The van der Waals surface area contributed by atoms with Gasteiger partial charge in [-0.15, -0.1) is 0 Å². The molecule has 14 heteroatoms. The van der Waals surface area contributed by atoms with Gasteiger partial charge in [0.1, 0.15) is 23.1 Å². The number of ether oxygens (including phenoxy) is 3. The molecule has 0 fully saturated rings. The first-order valence-corrected chi connectivity index (χ1v) is 37.2. The molecule has 572 valence electrons. The molecular weight excluding hydrogens is 1370 g/mol. The van der Waals surface area contributed by atoms with Gasteiger partial charge in [-0.2, -0.15) is 23.7 Å². The summed E-state index contributed by atoms with van der Waals surface area (Å²) in [6, 6.07) is 60.1. The highest BCUT2D eigenvalue weighted by atomic mass is 35.5. The summed E-state index contributed by atoms with van der Waals surface area (Å²) in [7, 11) is 7.57. The maximum Gasteiger partial charge on any atom is 0.416 e. The Hall–Kier alpha value is -7.22. The fourth-order valence-electron chi connectivity index (χ4n) is 8.68. The minimum Gasteiger partial charge on any atom is -0.497 e. The van der Waals surface area contributed by atoms with Crippen LogP contribution in [0.3, 0.4) is 0 Å². The molecule has 0 unspecified atom stereocenters. The van der Waals surface area contributed by atoms with E-state index in [0.717, 1.165) is 76.3 Å². The van der Waals surface area contributed by atoms with Crippen LogP contribution in [0.4, 0.5) is 22.0 Å². The molecule has 0 aliphatic rings. The Labute approximate surface area is 641 Å². The third kappa shape index (κ3) is 45.2. The Bertz CT molecular complexity index is 3580. The average Bonchev–Trinajstić information content (AvgIpc) is 0.818. The Morgan fingerprint density at radius 3 is 1.28 bits per heavy atom. The van der Waals surface area contributed by atoms with Crippen molar-refractivity contribution in [3.63, 3.8) is 0 Å². The molecule has 104 heavy (non-hydrogen) atoms. The van der Waals surface area contributed by atoms with E-state index in [-0.39, 0.29) is 17.4 Å². The highest BCUT2D eigenvalue weighted by Gasteiger charge is 2.31. The Morgan fingerprint density at radius 2 is 0.913 bits per heavy atom. The van der Waals surface area contributed by atoms with E-state index in [1.54, 1.807) is 41.9 Å². The number of alkyl halides is 3. The summed E-state index contributed by atoms with van der Waals surface area (Å²) in [5.74, 6) is 5.17. The van der Waals surface area contributed by atoms with Crippen LogP contribution in [0.15, 0.2) is 182 Å². The summed E-state index contributed by atoms with van der Waals surface area (Å²) in [6.07, 6.45) is -1.98. The molecule has 0 aliphatic carbocycles. The molecule has 8 aromatic carbocycles. The number of rotatable bonds is 16. The largest absolute Gasteiger partial charge is 0.497 e. The fraction of sp³-hybridized carbons (Fsp3) is 0.444. The van der Waals surface area contributed by atoms with Gasteiger partial charge in [-0.3, -0.25) is 0 Å². The number of nitrogens with zero attached hydrogens (tertiary/aromatic N) is 3. The van der Waals surface area contributed by atoms with Gasteiger partial charge in [-0.05, 0) is 237 Å². The molecule has 0 atom stereocenters. The van der Waals surface area contributed by atoms with Crippen molar-refractivity contribution >= 4 is 34.8 Å². The van der Waals surface area contributed by atoms with Crippen molar-refractivity contribution in [2.45, 2.75) is 212 Å². The molecule has 0 N–H and O–H groups in total.